The molecule has 0 atom stereocenters. The van der Waals surface area contributed by atoms with Crippen LogP contribution in [0, 0.1) is 31.2 Å². The van der Waals surface area contributed by atoms with Gasteiger partial charge < -0.3 is 10.1 Å². The van der Waals surface area contributed by atoms with Crippen LogP contribution in [0.2, 0.25) is 0 Å². The minimum absolute atomic E-state index is 0.00142. The standard InChI is InChI=1S/C24H17FI2N2O2/c1-15-4-2-7-20(8-15)29-24(30)18(13-28)9-17-11-21(26)23(22(27)12-17)31-14-16-5-3-6-19(25)10-16/h2-12H,14H2,1H3,(H,29,30)/b18-9-. The Hall–Kier alpha value is -2.45. The van der Waals surface area contributed by atoms with Crippen molar-refractivity contribution in [1.82, 2.24) is 0 Å². The summed E-state index contributed by atoms with van der Waals surface area (Å²) in [7, 11) is 0. The summed E-state index contributed by atoms with van der Waals surface area (Å²) in [5.41, 5.74) is 3.09. The van der Waals surface area contributed by atoms with Crippen molar-refractivity contribution in [3.63, 3.8) is 0 Å². The lowest BCUT2D eigenvalue weighted by molar-refractivity contribution is -0.112. The molecule has 3 aromatic rings. The normalized spacial score (nSPS) is 11.0. The number of hydrogen-bond donors (Lipinski definition) is 1. The molecule has 0 heterocycles. The highest BCUT2D eigenvalue weighted by atomic mass is 127. The number of halogens is 3. The first-order chi connectivity index (χ1) is 14.9. The average molecular weight is 638 g/mol. The number of rotatable bonds is 6. The second-order valence-corrected chi connectivity index (χ2v) is 9.05. The first-order valence-electron chi connectivity index (χ1n) is 9.22. The van der Waals surface area contributed by atoms with E-state index >= 15 is 0 Å². The van der Waals surface area contributed by atoms with Crippen LogP contribution >= 0.6 is 45.2 Å². The molecule has 156 valence electrons. The van der Waals surface area contributed by atoms with Gasteiger partial charge in [-0.05, 0) is 111 Å². The van der Waals surface area contributed by atoms with Crippen LogP contribution in [0.15, 0.2) is 66.2 Å². The van der Waals surface area contributed by atoms with Gasteiger partial charge in [-0.2, -0.15) is 5.26 Å². The molecule has 7 heteroatoms. The van der Waals surface area contributed by atoms with Crippen molar-refractivity contribution >= 4 is 62.9 Å². The molecule has 0 unspecified atom stereocenters. The molecule has 0 spiro atoms. The molecule has 0 aromatic heterocycles. The first kappa shape index (κ1) is 23.2. The zero-order valence-electron chi connectivity index (χ0n) is 16.5. The van der Waals surface area contributed by atoms with Crippen molar-refractivity contribution in [2.24, 2.45) is 0 Å². The van der Waals surface area contributed by atoms with Gasteiger partial charge in [0.25, 0.3) is 5.91 Å². The molecule has 31 heavy (non-hydrogen) atoms. The number of hydrogen-bond acceptors (Lipinski definition) is 3. The van der Waals surface area contributed by atoms with Crippen molar-refractivity contribution < 1.29 is 13.9 Å². The van der Waals surface area contributed by atoms with Gasteiger partial charge in [-0.3, -0.25) is 4.79 Å². The van der Waals surface area contributed by atoms with E-state index in [1.165, 1.54) is 12.1 Å². The molecular formula is C24H17FI2N2O2. The van der Waals surface area contributed by atoms with E-state index in [0.29, 0.717) is 17.0 Å². The Balaban J connectivity index is 1.77. The first-order valence-corrected chi connectivity index (χ1v) is 11.4. The molecule has 0 fully saturated rings. The third-order valence-electron chi connectivity index (χ3n) is 4.24. The number of aryl methyl sites for hydroxylation is 1. The van der Waals surface area contributed by atoms with Crippen LogP contribution in [-0.4, -0.2) is 5.91 Å². The summed E-state index contributed by atoms with van der Waals surface area (Å²) in [5, 5.41) is 12.2. The zero-order chi connectivity index (χ0) is 22.4. The molecule has 0 aliphatic carbocycles. The van der Waals surface area contributed by atoms with E-state index in [-0.39, 0.29) is 18.0 Å². The van der Waals surface area contributed by atoms with Crippen LogP contribution in [0.3, 0.4) is 0 Å². The smallest absolute Gasteiger partial charge is 0.266 e. The van der Waals surface area contributed by atoms with Crippen molar-refractivity contribution in [2.75, 3.05) is 5.32 Å². The number of anilines is 1. The molecular weight excluding hydrogens is 621 g/mol. The van der Waals surface area contributed by atoms with E-state index in [4.69, 9.17) is 4.74 Å². The van der Waals surface area contributed by atoms with Crippen LogP contribution in [0.25, 0.3) is 6.08 Å². The monoisotopic (exact) mass is 638 g/mol. The number of carbonyl (C=O) groups excluding carboxylic acids is 1. The Morgan fingerprint density at radius 2 is 1.84 bits per heavy atom. The average Bonchev–Trinajstić information content (AvgIpc) is 2.71. The maximum atomic E-state index is 13.4. The minimum atomic E-state index is -0.468. The second-order valence-electron chi connectivity index (χ2n) is 6.73. The van der Waals surface area contributed by atoms with Gasteiger partial charge in [-0.1, -0.05) is 24.3 Å². The van der Waals surface area contributed by atoms with Crippen molar-refractivity contribution in [3.8, 4) is 11.8 Å². The van der Waals surface area contributed by atoms with Crippen LogP contribution < -0.4 is 10.1 Å². The fourth-order valence-electron chi connectivity index (χ4n) is 2.82. The molecule has 0 aliphatic rings. The fraction of sp³-hybridized carbons (Fsp3) is 0.0833. The van der Waals surface area contributed by atoms with Crippen LogP contribution in [0.4, 0.5) is 10.1 Å². The summed E-state index contributed by atoms with van der Waals surface area (Å²) in [5.74, 6) is -0.103. The quantitative estimate of drug-likeness (QED) is 0.192. The van der Waals surface area contributed by atoms with Crippen molar-refractivity contribution in [1.29, 1.82) is 5.26 Å². The fourth-order valence-corrected chi connectivity index (χ4v) is 4.95. The summed E-state index contributed by atoms with van der Waals surface area (Å²) < 4.78 is 20.9. The van der Waals surface area contributed by atoms with Crippen molar-refractivity contribution in [3.05, 3.63) is 95.9 Å². The van der Waals surface area contributed by atoms with E-state index in [1.807, 2.05) is 43.3 Å². The topological polar surface area (TPSA) is 62.1 Å². The molecule has 0 saturated carbocycles. The Morgan fingerprint density at radius 3 is 2.48 bits per heavy atom. The van der Waals surface area contributed by atoms with Crippen molar-refractivity contribution in [2.45, 2.75) is 13.5 Å². The SMILES string of the molecule is Cc1cccc(NC(=O)/C(C#N)=C\c2cc(I)c(OCc3cccc(F)c3)c(I)c2)c1. The van der Waals surface area contributed by atoms with Crippen LogP contribution in [-0.2, 0) is 11.4 Å². The van der Waals surface area contributed by atoms with Gasteiger partial charge in [0.05, 0.1) is 7.14 Å². The van der Waals surface area contributed by atoms with Crippen LogP contribution in [0.1, 0.15) is 16.7 Å². The largest absolute Gasteiger partial charge is 0.487 e. The van der Waals surface area contributed by atoms with Gasteiger partial charge in [0.15, 0.2) is 0 Å². The predicted molar refractivity (Wildman–Crippen MR) is 136 cm³/mol. The molecule has 0 bridgehead atoms. The lowest BCUT2D eigenvalue weighted by atomic mass is 10.1. The lowest BCUT2D eigenvalue weighted by Crippen LogP contribution is -2.13. The summed E-state index contributed by atoms with van der Waals surface area (Å²) in [6.07, 6.45) is 1.55. The predicted octanol–water partition coefficient (Wildman–Crippen LogP) is 6.47. The second kappa shape index (κ2) is 10.7. The third kappa shape index (κ3) is 6.51. The number of nitrogens with one attached hydrogen (secondary N) is 1. The molecule has 3 rings (SSSR count). The molecule has 0 aliphatic heterocycles. The maximum Gasteiger partial charge on any atom is 0.266 e. The molecule has 1 N–H and O–H groups in total. The minimum Gasteiger partial charge on any atom is -0.487 e. The Morgan fingerprint density at radius 1 is 1.13 bits per heavy atom. The summed E-state index contributed by atoms with van der Waals surface area (Å²) in [6.45, 7) is 2.17. The molecule has 4 nitrogen and oxygen atoms in total. The highest BCUT2D eigenvalue weighted by molar-refractivity contribution is 14.1. The zero-order valence-corrected chi connectivity index (χ0v) is 20.8. The summed E-state index contributed by atoms with van der Waals surface area (Å²) in [4.78, 5) is 12.5. The van der Waals surface area contributed by atoms with E-state index in [9.17, 15) is 14.4 Å². The number of ether oxygens (including phenoxy) is 1. The Kier molecular flexibility index (Phi) is 8.03. The molecule has 3 aromatic carbocycles. The number of benzene rings is 3. The van der Waals surface area contributed by atoms with E-state index < -0.39 is 5.91 Å². The van der Waals surface area contributed by atoms with Gasteiger partial charge in [-0.15, -0.1) is 0 Å². The number of nitriles is 1. The number of amides is 1. The number of nitrogens with zero attached hydrogens (tertiary/aromatic N) is 1. The summed E-state index contributed by atoms with van der Waals surface area (Å²) in [6, 6.07) is 19.3. The molecule has 1 amide bonds. The third-order valence-corrected chi connectivity index (χ3v) is 5.85. The maximum absolute atomic E-state index is 13.4. The lowest BCUT2D eigenvalue weighted by Gasteiger charge is -2.12. The van der Waals surface area contributed by atoms with E-state index in [0.717, 1.165) is 18.3 Å². The van der Waals surface area contributed by atoms with Gasteiger partial charge >= 0.3 is 0 Å². The Labute approximate surface area is 207 Å². The van der Waals surface area contributed by atoms with Gasteiger partial charge in [0.1, 0.15) is 29.8 Å². The highest BCUT2D eigenvalue weighted by Crippen LogP contribution is 2.30. The molecule has 0 radical (unpaired) electrons. The Bertz CT molecular complexity index is 1180. The van der Waals surface area contributed by atoms with Gasteiger partial charge in [0, 0.05) is 5.69 Å². The molecule has 0 saturated heterocycles. The highest BCUT2D eigenvalue weighted by Gasteiger charge is 2.13. The van der Waals surface area contributed by atoms with E-state index in [1.54, 1.807) is 24.3 Å². The van der Waals surface area contributed by atoms with Gasteiger partial charge in [-0.25, -0.2) is 4.39 Å². The van der Waals surface area contributed by atoms with Gasteiger partial charge in [0.2, 0.25) is 0 Å². The van der Waals surface area contributed by atoms with Crippen LogP contribution in [0.5, 0.6) is 5.75 Å². The number of carbonyl (C=O) groups is 1. The summed E-state index contributed by atoms with van der Waals surface area (Å²) >= 11 is 4.29. The van der Waals surface area contributed by atoms with E-state index in [2.05, 4.69) is 50.5 Å².